The van der Waals surface area contributed by atoms with Crippen LogP contribution in [0.15, 0.2) is 12.3 Å². The molecule has 0 fully saturated rings. The Morgan fingerprint density at radius 3 is 2.85 bits per heavy atom. The van der Waals surface area contributed by atoms with E-state index in [0.717, 1.165) is 12.3 Å². The van der Waals surface area contributed by atoms with Crippen LogP contribution in [0.1, 0.15) is 24.2 Å². The number of carbonyl (C=O) groups excluding carboxylic acids is 1. The van der Waals surface area contributed by atoms with Gasteiger partial charge in [0.2, 0.25) is 0 Å². The molecule has 106 valence electrons. The summed E-state index contributed by atoms with van der Waals surface area (Å²) in [6.07, 6.45) is 1.00. The van der Waals surface area contributed by atoms with Gasteiger partial charge in [-0.25, -0.2) is 4.98 Å². The minimum Gasteiger partial charge on any atom is -0.383 e. The van der Waals surface area contributed by atoms with Crippen LogP contribution in [0.25, 0.3) is 0 Å². The van der Waals surface area contributed by atoms with E-state index in [1.807, 2.05) is 6.07 Å². The zero-order valence-electron chi connectivity index (χ0n) is 11.2. The lowest BCUT2D eigenvalue weighted by atomic mass is 10.1. The summed E-state index contributed by atoms with van der Waals surface area (Å²) in [7, 11) is 0. The van der Waals surface area contributed by atoms with E-state index in [2.05, 4.69) is 4.98 Å². The molecule has 1 aromatic rings. The number of nitrogens with zero attached hydrogens (tertiary/aromatic N) is 4. The van der Waals surface area contributed by atoms with Gasteiger partial charge in [-0.1, -0.05) is 0 Å². The molecular formula is C12H15N5O3. The summed E-state index contributed by atoms with van der Waals surface area (Å²) >= 11 is 0. The highest BCUT2D eigenvalue weighted by atomic mass is 16.6. The summed E-state index contributed by atoms with van der Waals surface area (Å²) in [5.74, 6) is -0.876. The van der Waals surface area contributed by atoms with Crippen molar-refractivity contribution < 1.29 is 9.72 Å². The van der Waals surface area contributed by atoms with E-state index < -0.39 is 10.8 Å². The molecule has 0 spiro atoms. The van der Waals surface area contributed by atoms with Gasteiger partial charge in [0.25, 0.3) is 11.6 Å². The van der Waals surface area contributed by atoms with Crippen LogP contribution in [0.3, 0.4) is 0 Å². The van der Waals surface area contributed by atoms with Gasteiger partial charge in [0.05, 0.1) is 22.5 Å². The molecule has 1 amide bonds. The third-order valence-corrected chi connectivity index (χ3v) is 2.73. The molecule has 2 N–H and O–H groups in total. The lowest BCUT2D eigenvalue weighted by Gasteiger charge is -2.22. The van der Waals surface area contributed by atoms with Crippen molar-refractivity contribution in [2.45, 2.75) is 13.8 Å². The molecule has 0 radical (unpaired) electrons. The van der Waals surface area contributed by atoms with Crippen molar-refractivity contribution in [3.8, 4) is 6.07 Å². The molecule has 1 heterocycles. The van der Waals surface area contributed by atoms with Gasteiger partial charge in [0.1, 0.15) is 12.0 Å². The summed E-state index contributed by atoms with van der Waals surface area (Å²) in [5.41, 5.74) is 5.28. The zero-order chi connectivity index (χ0) is 15.3. The number of carbonyl (C=O) groups is 1. The largest absolute Gasteiger partial charge is 0.383 e. The molecule has 0 aliphatic carbocycles. The van der Waals surface area contributed by atoms with E-state index in [0.29, 0.717) is 6.54 Å². The van der Waals surface area contributed by atoms with Crippen molar-refractivity contribution >= 4 is 17.4 Å². The number of hydrogen-bond acceptors (Lipinski definition) is 6. The molecule has 8 heteroatoms. The van der Waals surface area contributed by atoms with E-state index in [-0.39, 0.29) is 29.5 Å². The Kier molecular flexibility index (Phi) is 4.97. The average molecular weight is 277 g/mol. The fraction of sp³-hybridized carbons (Fsp3) is 0.417. The number of nitrogens with two attached hydrogens (primary N) is 1. The number of pyridine rings is 1. The van der Waals surface area contributed by atoms with Gasteiger partial charge in [-0.05, 0) is 13.8 Å². The van der Waals surface area contributed by atoms with Gasteiger partial charge in [-0.2, -0.15) is 5.26 Å². The van der Waals surface area contributed by atoms with Crippen molar-refractivity contribution in [3.05, 3.63) is 27.9 Å². The number of nitrogen functional groups attached to an aromatic ring is 1. The van der Waals surface area contributed by atoms with E-state index in [1.54, 1.807) is 13.8 Å². The highest BCUT2D eigenvalue weighted by molar-refractivity contribution is 5.98. The molecule has 0 saturated carbocycles. The van der Waals surface area contributed by atoms with Crippen LogP contribution in [0.2, 0.25) is 0 Å². The first kappa shape index (κ1) is 15.4. The van der Waals surface area contributed by atoms with Crippen LogP contribution >= 0.6 is 0 Å². The SMILES string of the molecule is CCN(CC(C)C#N)C(=O)c1cc([N+](=O)[O-])cnc1N. The maximum atomic E-state index is 12.3. The standard InChI is InChI=1S/C12H15N5O3/c1-3-16(7-8(2)5-13)12(18)10-4-9(17(19)20)6-15-11(10)14/h4,6,8H,3,7H2,1-2H3,(H2,14,15). The van der Waals surface area contributed by atoms with Crippen molar-refractivity contribution in [2.24, 2.45) is 5.92 Å². The van der Waals surface area contributed by atoms with E-state index in [9.17, 15) is 14.9 Å². The predicted octanol–water partition coefficient (Wildman–Crippen LogP) is 1.19. The topological polar surface area (TPSA) is 126 Å². The number of aromatic nitrogens is 1. The lowest BCUT2D eigenvalue weighted by Crippen LogP contribution is -2.35. The number of hydrogen-bond donors (Lipinski definition) is 1. The van der Waals surface area contributed by atoms with Crippen LogP contribution in [0.5, 0.6) is 0 Å². The molecule has 0 aliphatic heterocycles. The molecule has 1 rings (SSSR count). The number of anilines is 1. The summed E-state index contributed by atoms with van der Waals surface area (Å²) in [6.45, 7) is 4.04. The van der Waals surface area contributed by atoms with E-state index in [4.69, 9.17) is 11.0 Å². The summed E-state index contributed by atoms with van der Waals surface area (Å²) in [6, 6.07) is 3.13. The molecule has 0 aliphatic rings. The third-order valence-electron chi connectivity index (χ3n) is 2.73. The fourth-order valence-electron chi connectivity index (χ4n) is 1.63. The zero-order valence-corrected chi connectivity index (χ0v) is 11.2. The highest BCUT2D eigenvalue weighted by Crippen LogP contribution is 2.19. The Balaban J connectivity index is 3.09. The Morgan fingerprint density at radius 2 is 2.35 bits per heavy atom. The summed E-state index contributed by atoms with van der Waals surface area (Å²) in [4.78, 5) is 27.4. The second kappa shape index (κ2) is 6.47. The minimum atomic E-state index is -0.641. The average Bonchev–Trinajstić information content (AvgIpc) is 2.43. The van der Waals surface area contributed by atoms with Crippen LogP contribution in [0.4, 0.5) is 11.5 Å². The van der Waals surface area contributed by atoms with Crippen molar-refractivity contribution in [3.63, 3.8) is 0 Å². The molecule has 0 bridgehead atoms. The molecule has 1 aromatic heterocycles. The Morgan fingerprint density at radius 1 is 1.70 bits per heavy atom. The lowest BCUT2D eigenvalue weighted by molar-refractivity contribution is -0.385. The summed E-state index contributed by atoms with van der Waals surface area (Å²) in [5, 5.41) is 19.5. The Hall–Kier alpha value is -2.69. The number of nitriles is 1. The first-order valence-electron chi connectivity index (χ1n) is 5.99. The van der Waals surface area contributed by atoms with Gasteiger partial charge in [-0.3, -0.25) is 14.9 Å². The van der Waals surface area contributed by atoms with Gasteiger partial charge < -0.3 is 10.6 Å². The van der Waals surface area contributed by atoms with E-state index >= 15 is 0 Å². The normalized spacial score (nSPS) is 11.4. The molecule has 0 aromatic carbocycles. The van der Waals surface area contributed by atoms with Crippen molar-refractivity contribution in [1.29, 1.82) is 5.26 Å². The fourth-order valence-corrected chi connectivity index (χ4v) is 1.63. The van der Waals surface area contributed by atoms with Gasteiger partial charge in [-0.15, -0.1) is 0 Å². The highest BCUT2D eigenvalue weighted by Gasteiger charge is 2.22. The first-order valence-corrected chi connectivity index (χ1v) is 5.99. The second-order valence-corrected chi connectivity index (χ2v) is 4.26. The smallest absolute Gasteiger partial charge is 0.288 e. The van der Waals surface area contributed by atoms with Crippen molar-refractivity contribution in [1.82, 2.24) is 9.88 Å². The molecular weight excluding hydrogens is 262 g/mol. The Bertz CT molecular complexity index is 567. The second-order valence-electron chi connectivity index (χ2n) is 4.26. The van der Waals surface area contributed by atoms with Gasteiger partial charge in [0, 0.05) is 19.2 Å². The van der Waals surface area contributed by atoms with Crippen LogP contribution in [-0.4, -0.2) is 33.8 Å². The number of rotatable bonds is 5. The number of nitro groups is 1. The summed E-state index contributed by atoms with van der Waals surface area (Å²) < 4.78 is 0. The maximum Gasteiger partial charge on any atom is 0.288 e. The molecule has 1 atom stereocenters. The first-order chi connectivity index (χ1) is 9.40. The predicted molar refractivity (Wildman–Crippen MR) is 71.7 cm³/mol. The van der Waals surface area contributed by atoms with Crippen LogP contribution < -0.4 is 5.73 Å². The minimum absolute atomic E-state index is 0.0220. The van der Waals surface area contributed by atoms with Gasteiger partial charge >= 0.3 is 0 Å². The van der Waals surface area contributed by atoms with Crippen molar-refractivity contribution in [2.75, 3.05) is 18.8 Å². The van der Waals surface area contributed by atoms with Crippen LogP contribution in [0, 0.1) is 27.4 Å². The molecule has 8 nitrogen and oxygen atoms in total. The number of amides is 1. The molecule has 1 unspecified atom stereocenters. The maximum absolute atomic E-state index is 12.3. The third kappa shape index (κ3) is 3.41. The quantitative estimate of drug-likeness (QED) is 0.636. The molecule has 20 heavy (non-hydrogen) atoms. The molecule has 0 saturated heterocycles. The van der Waals surface area contributed by atoms with Crippen LogP contribution in [-0.2, 0) is 0 Å². The van der Waals surface area contributed by atoms with Gasteiger partial charge in [0.15, 0.2) is 0 Å². The van der Waals surface area contributed by atoms with E-state index in [1.165, 1.54) is 4.90 Å². The monoisotopic (exact) mass is 277 g/mol. The Labute approximate surface area is 116 Å².